The summed E-state index contributed by atoms with van der Waals surface area (Å²) in [5.41, 5.74) is 3.11. The van der Waals surface area contributed by atoms with E-state index in [0.717, 1.165) is 34.9 Å². The first kappa shape index (κ1) is 29.6. The topological polar surface area (TPSA) is 95.9 Å². The molecule has 0 radical (unpaired) electrons. The van der Waals surface area contributed by atoms with Crippen LogP contribution in [0.5, 0.6) is 5.75 Å². The second-order valence-electron chi connectivity index (χ2n) is 11.2. The van der Waals surface area contributed by atoms with Gasteiger partial charge in [0.2, 0.25) is 5.91 Å². The summed E-state index contributed by atoms with van der Waals surface area (Å²) >= 11 is 0. The fourth-order valence-corrected chi connectivity index (χ4v) is 5.50. The van der Waals surface area contributed by atoms with Gasteiger partial charge in [-0.3, -0.25) is 9.59 Å². The van der Waals surface area contributed by atoms with Gasteiger partial charge in [0.1, 0.15) is 18.4 Å². The largest absolute Gasteiger partial charge is 0.492 e. The van der Waals surface area contributed by atoms with Crippen LogP contribution in [0.1, 0.15) is 34.3 Å². The van der Waals surface area contributed by atoms with E-state index in [1.807, 2.05) is 77.7 Å². The molecule has 0 aromatic heterocycles. The van der Waals surface area contributed by atoms with Crippen molar-refractivity contribution in [1.82, 2.24) is 0 Å². The molecular weight excluding hydrogens is 564 g/mol. The molecule has 6 rings (SSSR count). The van der Waals surface area contributed by atoms with Gasteiger partial charge in [-0.2, -0.15) is 0 Å². The van der Waals surface area contributed by atoms with Crippen molar-refractivity contribution in [2.24, 2.45) is 5.92 Å². The Morgan fingerprint density at radius 2 is 1.49 bits per heavy atom. The summed E-state index contributed by atoms with van der Waals surface area (Å²) in [6.45, 7) is 0.726. The first-order valence-electron chi connectivity index (χ1n) is 15.2. The zero-order valence-corrected chi connectivity index (χ0v) is 24.8. The van der Waals surface area contributed by atoms with Crippen molar-refractivity contribution in [2.75, 3.05) is 23.4 Å². The van der Waals surface area contributed by atoms with Crippen molar-refractivity contribution in [2.45, 2.75) is 25.3 Å². The van der Waals surface area contributed by atoms with Crippen LogP contribution in [-0.2, 0) is 16.0 Å². The number of benzene rings is 5. The van der Waals surface area contributed by atoms with Crippen LogP contribution >= 0.6 is 0 Å². The number of hydrogen-bond donors (Lipinski definition) is 2. The van der Waals surface area contributed by atoms with Gasteiger partial charge in [-0.15, -0.1) is 0 Å². The lowest BCUT2D eigenvalue weighted by molar-refractivity contribution is -0.137. The molecule has 0 saturated heterocycles. The Labute approximate surface area is 262 Å². The molecule has 5 aromatic carbocycles. The summed E-state index contributed by atoms with van der Waals surface area (Å²) in [5, 5.41) is 15.2. The Kier molecular flexibility index (Phi) is 8.87. The Morgan fingerprint density at radius 1 is 0.800 bits per heavy atom. The number of amides is 1. The highest BCUT2D eigenvalue weighted by Gasteiger charge is 2.34. The van der Waals surface area contributed by atoms with Crippen LogP contribution in [0.25, 0.3) is 10.8 Å². The van der Waals surface area contributed by atoms with Crippen LogP contribution < -0.4 is 15.0 Å². The highest BCUT2D eigenvalue weighted by atomic mass is 16.5. The number of ketones is 1. The van der Waals surface area contributed by atoms with Crippen LogP contribution in [0.3, 0.4) is 0 Å². The van der Waals surface area contributed by atoms with E-state index in [1.54, 1.807) is 48.5 Å². The summed E-state index contributed by atoms with van der Waals surface area (Å²) < 4.78 is 6.04. The number of hydrogen-bond acceptors (Lipinski definition) is 5. The van der Waals surface area contributed by atoms with E-state index in [9.17, 15) is 19.5 Å². The number of ether oxygens (including phenoxy) is 1. The third-order valence-corrected chi connectivity index (χ3v) is 8.03. The zero-order valence-electron chi connectivity index (χ0n) is 24.8. The van der Waals surface area contributed by atoms with E-state index in [2.05, 4.69) is 5.32 Å². The van der Waals surface area contributed by atoms with E-state index < -0.39 is 12.0 Å². The van der Waals surface area contributed by atoms with Gasteiger partial charge < -0.3 is 20.1 Å². The van der Waals surface area contributed by atoms with Gasteiger partial charge in [0, 0.05) is 34.5 Å². The minimum atomic E-state index is -1.02. The van der Waals surface area contributed by atoms with E-state index in [1.165, 1.54) is 0 Å². The standard InChI is InChI=1S/C38H34N2O5/c41-36(28-10-2-1-3-11-28)32-14-6-7-15-33(32)39-34(38(43)44)25-26-17-21-30(22-18-26)45-24-23-40(37(42)29-19-20-29)35-16-8-12-27-9-4-5-13-31(27)35/h1-18,21-22,29,34,39H,19-20,23-25H2,(H,43,44)/t34-/m0/s1. The summed E-state index contributed by atoms with van der Waals surface area (Å²) in [7, 11) is 0. The molecule has 226 valence electrons. The molecule has 0 bridgehead atoms. The van der Waals surface area contributed by atoms with Crippen molar-refractivity contribution in [3.63, 3.8) is 0 Å². The molecule has 1 amide bonds. The molecule has 7 heteroatoms. The van der Waals surface area contributed by atoms with Gasteiger partial charge in [-0.25, -0.2) is 4.79 Å². The van der Waals surface area contributed by atoms with Gasteiger partial charge in [0.05, 0.1) is 12.2 Å². The second kappa shape index (κ2) is 13.5. The van der Waals surface area contributed by atoms with E-state index in [-0.39, 0.29) is 24.0 Å². The van der Waals surface area contributed by atoms with Crippen molar-refractivity contribution in [3.8, 4) is 5.75 Å². The summed E-state index contributed by atoms with van der Waals surface area (Å²) in [6, 6.07) is 36.3. The highest BCUT2D eigenvalue weighted by Crippen LogP contribution is 2.35. The Hall–Kier alpha value is -5.43. The van der Waals surface area contributed by atoms with Crippen LogP contribution in [0.15, 0.2) is 121 Å². The smallest absolute Gasteiger partial charge is 0.326 e. The zero-order chi connectivity index (χ0) is 31.2. The van der Waals surface area contributed by atoms with E-state index >= 15 is 0 Å². The average Bonchev–Trinajstić information content (AvgIpc) is 3.93. The van der Waals surface area contributed by atoms with Crippen LogP contribution in [-0.4, -0.2) is 42.0 Å². The molecule has 1 fully saturated rings. The number of rotatable bonds is 13. The quantitative estimate of drug-likeness (QED) is 0.142. The number of nitrogens with zero attached hydrogens (tertiary/aromatic N) is 1. The van der Waals surface area contributed by atoms with Crippen molar-refractivity contribution in [1.29, 1.82) is 0 Å². The maximum atomic E-state index is 13.3. The molecular formula is C38H34N2O5. The number of para-hydroxylation sites is 1. The number of anilines is 2. The van der Waals surface area contributed by atoms with Crippen molar-refractivity contribution in [3.05, 3.63) is 138 Å². The van der Waals surface area contributed by atoms with Gasteiger partial charge in [0.15, 0.2) is 5.78 Å². The lowest BCUT2D eigenvalue weighted by Crippen LogP contribution is -2.36. The number of carbonyl (C=O) groups is 3. The molecule has 5 aromatic rings. The molecule has 0 spiro atoms. The van der Waals surface area contributed by atoms with Gasteiger partial charge in [-0.1, -0.05) is 91.0 Å². The molecule has 45 heavy (non-hydrogen) atoms. The van der Waals surface area contributed by atoms with Crippen LogP contribution in [0.4, 0.5) is 11.4 Å². The highest BCUT2D eigenvalue weighted by molar-refractivity contribution is 6.12. The molecule has 1 aliphatic rings. The number of nitrogens with one attached hydrogen (secondary N) is 1. The predicted molar refractivity (Wildman–Crippen MR) is 176 cm³/mol. The van der Waals surface area contributed by atoms with Gasteiger partial charge >= 0.3 is 5.97 Å². The SMILES string of the molecule is O=C(c1ccccc1)c1ccccc1N[C@@H](Cc1ccc(OCCN(C(=O)C2CC2)c2cccc3ccccc23)cc1)C(=O)O. The average molecular weight is 599 g/mol. The summed E-state index contributed by atoms with van der Waals surface area (Å²) in [4.78, 5) is 40.5. The first-order chi connectivity index (χ1) is 22.0. The van der Waals surface area contributed by atoms with E-state index in [0.29, 0.717) is 35.7 Å². The summed E-state index contributed by atoms with van der Waals surface area (Å²) in [6.07, 6.45) is 2.04. The van der Waals surface area contributed by atoms with Gasteiger partial charge in [-0.05, 0) is 54.1 Å². The lowest BCUT2D eigenvalue weighted by atomic mass is 10.00. The van der Waals surface area contributed by atoms with E-state index in [4.69, 9.17) is 4.74 Å². The minimum Gasteiger partial charge on any atom is -0.492 e. The molecule has 1 atom stereocenters. The molecule has 1 aliphatic carbocycles. The fourth-order valence-electron chi connectivity index (χ4n) is 5.50. The molecule has 1 saturated carbocycles. The predicted octanol–water partition coefficient (Wildman–Crippen LogP) is 7.00. The number of carboxylic acid groups (broad SMARTS) is 1. The Balaban J connectivity index is 1.10. The monoisotopic (exact) mass is 598 g/mol. The molecule has 0 aliphatic heterocycles. The summed E-state index contributed by atoms with van der Waals surface area (Å²) in [5.74, 6) is -0.366. The lowest BCUT2D eigenvalue weighted by Gasteiger charge is -2.24. The van der Waals surface area contributed by atoms with Crippen LogP contribution in [0.2, 0.25) is 0 Å². The second-order valence-corrected chi connectivity index (χ2v) is 11.2. The molecule has 2 N–H and O–H groups in total. The Bertz CT molecular complexity index is 1810. The fraction of sp³-hybridized carbons (Fsp3) is 0.184. The maximum Gasteiger partial charge on any atom is 0.326 e. The molecule has 0 unspecified atom stereocenters. The third kappa shape index (κ3) is 7.04. The molecule has 7 nitrogen and oxygen atoms in total. The van der Waals surface area contributed by atoms with Crippen molar-refractivity contribution >= 4 is 39.8 Å². The first-order valence-corrected chi connectivity index (χ1v) is 15.2. The maximum absolute atomic E-state index is 13.3. The Morgan fingerprint density at radius 3 is 2.24 bits per heavy atom. The third-order valence-electron chi connectivity index (χ3n) is 8.03. The van der Waals surface area contributed by atoms with Crippen LogP contribution in [0, 0.1) is 5.92 Å². The van der Waals surface area contributed by atoms with Gasteiger partial charge in [0.25, 0.3) is 0 Å². The number of fused-ring (bicyclic) bond motifs is 1. The number of aliphatic carboxylic acids is 1. The van der Waals surface area contributed by atoms with Crippen molar-refractivity contribution < 1.29 is 24.2 Å². The normalized spacial score (nSPS) is 13.2. The number of carboxylic acids is 1. The minimum absolute atomic E-state index is 0.0717. The molecule has 0 heterocycles. The number of carbonyl (C=O) groups excluding carboxylic acids is 2.